The van der Waals surface area contributed by atoms with E-state index in [1.807, 2.05) is 6.07 Å². The van der Waals surface area contributed by atoms with E-state index in [1.54, 1.807) is 18.2 Å². The van der Waals surface area contributed by atoms with Crippen LogP contribution in [-0.4, -0.2) is 35.1 Å². The number of aromatic nitrogens is 4. The molecule has 2 fully saturated rings. The highest BCUT2D eigenvalue weighted by Crippen LogP contribution is 2.49. The van der Waals surface area contributed by atoms with E-state index in [0.717, 1.165) is 37.9 Å². The molecule has 1 aromatic carbocycles. The third-order valence-electron chi connectivity index (χ3n) is 5.93. The maximum absolute atomic E-state index is 13.0. The average Bonchev–Trinajstić information content (AvgIpc) is 3.40. The van der Waals surface area contributed by atoms with E-state index in [0.29, 0.717) is 21.2 Å². The number of aromatic amines is 1. The minimum Gasteiger partial charge on any atom is -0.243 e. The van der Waals surface area contributed by atoms with Crippen LogP contribution in [0, 0.1) is 17.8 Å². The molecule has 0 radical (unpaired) electrons. The molecule has 1 heterocycles. The minimum absolute atomic E-state index is 0.0226. The molecule has 4 rings (SSSR count). The van der Waals surface area contributed by atoms with Gasteiger partial charge >= 0.3 is 0 Å². The predicted octanol–water partition coefficient (Wildman–Crippen LogP) is 3.23. The summed E-state index contributed by atoms with van der Waals surface area (Å²) >= 11 is 3.36. The Morgan fingerprint density at radius 3 is 2.86 bits per heavy atom. The van der Waals surface area contributed by atoms with Gasteiger partial charge in [-0.25, -0.2) is 18.2 Å². The van der Waals surface area contributed by atoms with Crippen molar-refractivity contribution in [2.45, 2.75) is 49.5 Å². The maximum atomic E-state index is 13.0. The third kappa shape index (κ3) is 4.21. The van der Waals surface area contributed by atoms with Gasteiger partial charge in [0.15, 0.2) is 0 Å². The van der Waals surface area contributed by atoms with Crippen LogP contribution in [0.25, 0.3) is 0 Å². The fourth-order valence-corrected chi connectivity index (χ4v) is 6.96. The molecule has 2 bridgehead atoms. The molecule has 1 aromatic heterocycles. The number of allylic oxidation sites excluding steroid dienone is 1. The second-order valence-electron chi connectivity index (χ2n) is 7.66. The lowest BCUT2D eigenvalue weighted by molar-refractivity contribution is 0.320. The first-order valence-electron chi connectivity index (χ1n) is 9.71. The smallest absolute Gasteiger partial charge is 0.241 e. The van der Waals surface area contributed by atoms with Crippen molar-refractivity contribution in [2.75, 3.05) is 0 Å². The quantitative estimate of drug-likeness (QED) is 0.460. The summed E-state index contributed by atoms with van der Waals surface area (Å²) < 4.78 is 29.5. The summed E-state index contributed by atoms with van der Waals surface area (Å²) in [5, 5.41) is 13.8. The number of benzene rings is 1. The van der Waals surface area contributed by atoms with Crippen molar-refractivity contribution in [2.24, 2.45) is 17.8 Å². The van der Waals surface area contributed by atoms with Gasteiger partial charge in [-0.1, -0.05) is 24.3 Å². The van der Waals surface area contributed by atoms with Gasteiger partial charge in [-0.15, -0.1) is 5.10 Å². The number of hydrogen-bond donors (Lipinski definition) is 2. The summed E-state index contributed by atoms with van der Waals surface area (Å²) in [6.45, 7) is 0. The number of nitrogens with zero attached hydrogens (tertiary/aromatic N) is 3. The Hall–Kier alpha value is -1.58. The summed E-state index contributed by atoms with van der Waals surface area (Å²) in [5.74, 6) is 2.07. The van der Waals surface area contributed by atoms with E-state index in [-0.39, 0.29) is 12.0 Å². The molecule has 0 amide bonds. The highest BCUT2D eigenvalue weighted by molar-refractivity contribution is 9.10. The topological polar surface area (TPSA) is 101 Å². The van der Waals surface area contributed by atoms with Gasteiger partial charge in [0.1, 0.15) is 5.82 Å². The van der Waals surface area contributed by atoms with E-state index < -0.39 is 10.0 Å². The van der Waals surface area contributed by atoms with Crippen molar-refractivity contribution in [3.05, 3.63) is 46.7 Å². The molecule has 4 atom stereocenters. The lowest BCUT2D eigenvalue weighted by atomic mass is 9.84. The van der Waals surface area contributed by atoms with Crippen LogP contribution >= 0.6 is 15.9 Å². The number of nitrogens with one attached hydrogen (secondary N) is 2. The molecule has 0 aliphatic heterocycles. The largest absolute Gasteiger partial charge is 0.243 e. The highest BCUT2D eigenvalue weighted by atomic mass is 79.9. The number of sulfonamides is 1. The van der Waals surface area contributed by atoms with Crippen LogP contribution in [0.4, 0.5) is 0 Å². The van der Waals surface area contributed by atoms with Crippen molar-refractivity contribution in [3.8, 4) is 0 Å². The minimum atomic E-state index is -3.55. The van der Waals surface area contributed by atoms with Crippen molar-refractivity contribution in [1.82, 2.24) is 25.3 Å². The fraction of sp³-hybridized carbons (Fsp3) is 0.526. The molecular weight excluding hydrogens is 442 g/mol. The fourth-order valence-electron chi connectivity index (χ4n) is 4.62. The normalized spacial score (nSPS) is 27.0. The summed E-state index contributed by atoms with van der Waals surface area (Å²) in [4.78, 5) is 0.307. The zero-order valence-electron chi connectivity index (χ0n) is 15.5. The van der Waals surface area contributed by atoms with E-state index in [1.165, 1.54) is 6.42 Å². The monoisotopic (exact) mass is 465 g/mol. The van der Waals surface area contributed by atoms with Gasteiger partial charge in [0.2, 0.25) is 10.0 Å². The molecule has 0 unspecified atom stereocenters. The summed E-state index contributed by atoms with van der Waals surface area (Å²) in [7, 11) is -3.55. The van der Waals surface area contributed by atoms with E-state index in [9.17, 15) is 8.42 Å². The molecule has 28 heavy (non-hydrogen) atoms. The van der Waals surface area contributed by atoms with Gasteiger partial charge in [0.25, 0.3) is 0 Å². The summed E-state index contributed by atoms with van der Waals surface area (Å²) in [6.07, 6.45) is 10.5. The third-order valence-corrected chi connectivity index (χ3v) is 8.40. The Morgan fingerprint density at radius 2 is 2.07 bits per heavy atom. The molecule has 150 valence electrons. The molecular formula is C19H24BrN5O2S. The van der Waals surface area contributed by atoms with E-state index in [2.05, 4.69) is 53.4 Å². The molecule has 2 aromatic rings. The van der Waals surface area contributed by atoms with Gasteiger partial charge in [0, 0.05) is 16.9 Å². The zero-order valence-corrected chi connectivity index (χ0v) is 17.9. The second kappa shape index (κ2) is 8.42. The lowest BCUT2D eigenvalue weighted by Gasteiger charge is -2.29. The number of halogens is 1. The summed E-state index contributed by atoms with van der Waals surface area (Å²) in [6, 6.07) is 6.95. The highest BCUT2D eigenvalue weighted by Gasteiger charge is 2.47. The molecule has 2 aliphatic rings. The lowest BCUT2D eigenvalue weighted by Crippen LogP contribution is -2.43. The molecule has 2 N–H and O–H groups in total. The number of aryl methyl sites for hydroxylation is 1. The van der Waals surface area contributed by atoms with Crippen LogP contribution in [0.1, 0.15) is 37.9 Å². The van der Waals surface area contributed by atoms with E-state index in [4.69, 9.17) is 0 Å². The number of rotatable bonds is 8. The van der Waals surface area contributed by atoms with Crippen LogP contribution < -0.4 is 4.72 Å². The van der Waals surface area contributed by atoms with E-state index >= 15 is 0 Å². The zero-order chi connectivity index (χ0) is 19.6. The Kier molecular flexibility index (Phi) is 5.93. The van der Waals surface area contributed by atoms with Crippen molar-refractivity contribution >= 4 is 26.0 Å². The molecule has 2 aliphatic carbocycles. The van der Waals surface area contributed by atoms with Crippen LogP contribution in [0.3, 0.4) is 0 Å². The Morgan fingerprint density at radius 1 is 1.25 bits per heavy atom. The van der Waals surface area contributed by atoms with Crippen LogP contribution in [0.15, 0.2) is 45.8 Å². The van der Waals surface area contributed by atoms with Crippen LogP contribution in [0.2, 0.25) is 0 Å². The molecule has 2 saturated carbocycles. The van der Waals surface area contributed by atoms with Crippen molar-refractivity contribution in [1.29, 1.82) is 0 Å². The molecule has 0 saturated heterocycles. The molecule has 9 heteroatoms. The number of unbranched alkanes of at least 4 members (excludes halogenated alkanes) is 1. The second-order valence-corrected chi connectivity index (χ2v) is 10.2. The van der Waals surface area contributed by atoms with Crippen molar-refractivity contribution in [3.63, 3.8) is 0 Å². The average molecular weight is 466 g/mol. The first-order chi connectivity index (χ1) is 13.5. The number of H-pyrrole nitrogens is 1. The predicted molar refractivity (Wildman–Crippen MR) is 109 cm³/mol. The van der Waals surface area contributed by atoms with Gasteiger partial charge in [-0.05, 0) is 88.3 Å². The first-order valence-corrected chi connectivity index (χ1v) is 12.0. The van der Waals surface area contributed by atoms with Crippen molar-refractivity contribution < 1.29 is 8.42 Å². The Balaban J connectivity index is 1.41. The van der Waals surface area contributed by atoms with Crippen LogP contribution in [0.5, 0.6) is 0 Å². The Bertz CT molecular complexity index is 932. The number of fused-ring (bicyclic) bond motifs is 2. The SMILES string of the molecule is O=S(=O)(N[C@H]1[C@H]2CC[C@H](C2)[C@@H]1/C=C\CCCc1nnn[nH]1)c1ccccc1Br. The number of hydrogen-bond acceptors (Lipinski definition) is 5. The van der Waals surface area contributed by atoms with Gasteiger partial charge in [-0.2, -0.15) is 0 Å². The first kappa shape index (κ1) is 19.7. The van der Waals surface area contributed by atoms with Gasteiger partial charge in [-0.3, -0.25) is 0 Å². The summed E-state index contributed by atoms with van der Waals surface area (Å²) in [5.41, 5.74) is 0. The standard InChI is InChI=1S/C19H24BrN5O2S/c20-16-7-4-5-8-17(16)28(26,27)23-19-14-11-10-13(12-14)15(19)6-2-1-3-9-18-21-24-25-22-18/h2,4-8,13-15,19,23H,1,3,9-12H2,(H,21,22,24,25)/b6-2-/t13-,14+,15+,19+/m1/s1. The van der Waals surface area contributed by atoms with Gasteiger partial charge in [0.05, 0.1) is 4.90 Å². The van der Waals surface area contributed by atoms with Crippen LogP contribution in [-0.2, 0) is 16.4 Å². The maximum Gasteiger partial charge on any atom is 0.241 e. The Labute approximate surface area is 173 Å². The molecule has 7 nitrogen and oxygen atoms in total. The molecule has 0 spiro atoms. The van der Waals surface area contributed by atoms with Gasteiger partial charge < -0.3 is 0 Å². The number of tetrazole rings is 1.